The van der Waals surface area contributed by atoms with Crippen molar-refractivity contribution in [2.24, 2.45) is 5.92 Å². The van der Waals surface area contributed by atoms with Gasteiger partial charge < -0.3 is 5.32 Å². The Balaban J connectivity index is 1.24. The molecule has 1 amide bonds. The molecule has 1 fully saturated rings. The fraction of sp³-hybridized carbons (Fsp3) is 0.190. The molecule has 0 aliphatic heterocycles. The van der Waals surface area contributed by atoms with E-state index in [2.05, 4.69) is 21.3 Å². The van der Waals surface area contributed by atoms with Crippen molar-refractivity contribution in [1.29, 1.82) is 0 Å². The van der Waals surface area contributed by atoms with E-state index in [1.807, 2.05) is 30.3 Å². The van der Waals surface area contributed by atoms with Crippen LogP contribution in [0, 0.1) is 11.7 Å². The van der Waals surface area contributed by atoms with Gasteiger partial charge in [-0.15, -0.1) is 0 Å². The van der Waals surface area contributed by atoms with E-state index in [4.69, 9.17) is 12.2 Å². The topological polar surface area (TPSA) is 71.0 Å². The Morgan fingerprint density at radius 3 is 2.66 bits per heavy atom. The number of rotatable bonds is 5. The number of aromatic nitrogens is 2. The van der Waals surface area contributed by atoms with Crippen molar-refractivity contribution in [3.63, 3.8) is 0 Å². The maximum Gasteiger partial charge on any atom is 0.242 e. The van der Waals surface area contributed by atoms with Gasteiger partial charge in [0.05, 0.1) is 6.54 Å². The molecule has 0 saturated heterocycles. The SMILES string of the molecule is O=C(NNC(=S)Nc1ccn(Cc2ccccc2F)n1)[C@H]1C[C@H]1c1ccccc1. The zero-order chi connectivity index (χ0) is 20.2. The average Bonchev–Trinajstić information content (AvgIpc) is 3.43. The highest BCUT2D eigenvalue weighted by Crippen LogP contribution is 2.47. The predicted molar refractivity (Wildman–Crippen MR) is 113 cm³/mol. The zero-order valence-electron chi connectivity index (χ0n) is 15.5. The smallest absolute Gasteiger partial charge is 0.242 e. The Morgan fingerprint density at radius 2 is 1.86 bits per heavy atom. The summed E-state index contributed by atoms with van der Waals surface area (Å²) in [6.07, 6.45) is 2.56. The minimum Gasteiger partial charge on any atom is -0.315 e. The zero-order valence-corrected chi connectivity index (χ0v) is 16.3. The number of hydrogen-bond acceptors (Lipinski definition) is 3. The van der Waals surface area contributed by atoms with Gasteiger partial charge in [0.15, 0.2) is 10.9 Å². The first-order valence-electron chi connectivity index (χ1n) is 9.29. The van der Waals surface area contributed by atoms with Crippen molar-refractivity contribution < 1.29 is 9.18 Å². The second-order valence-electron chi connectivity index (χ2n) is 6.92. The van der Waals surface area contributed by atoms with Gasteiger partial charge in [-0.25, -0.2) is 4.39 Å². The van der Waals surface area contributed by atoms with Gasteiger partial charge in [0.1, 0.15) is 5.82 Å². The minimum absolute atomic E-state index is 0.0484. The van der Waals surface area contributed by atoms with Crippen LogP contribution in [0.25, 0.3) is 0 Å². The van der Waals surface area contributed by atoms with E-state index < -0.39 is 0 Å². The monoisotopic (exact) mass is 409 g/mol. The van der Waals surface area contributed by atoms with E-state index in [9.17, 15) is 9.18 Å². The summed E-state index contributed by atoms with van der Waals surface area (Å²) < 4.78 is 15.4. The van der Waals surface area contributed by atoms with Crippen LogP contribution in [0.4, 0.5) is 10.2 Å². The summed E-state index contributed by atoms with van der Waals surface area (Å²) in [5.74, 6) is 0.349. The van der Waals surface area contributed by atoms with E-state index >= 15 is 0 Å². The Morgan fingerprint density at radius 1 is 1.10 bits per heavy atom. The molecule has 29 heavy (non-hydrogen) atoms. The van der Waals surface area contributed by atoms with Gasteiger partial charge in [-0.3, -0.25) is 20.3 Å². The van der Waals surface area contributed by atoms with Crippen LogP contribution in [-0.4, -0.2) is 20.8 Å². The van der Waals surface area contributed by atoms with E-state index in [-0.39, 0.29) is 28.7 Å². The van der Waals surface area contributed by atoms with E-state index in [0.717, 1.165) is 6.42 Å². The molecule has 0 bridgehead atoms. The van der Waals surface area contributed by atoms with E-state index in [1.54, 1.807) is 35.1 Å². The van der Waals surface area contributed by atoms with Gasteiger partial charge in [-0.2, -0.15) is 5.10 Å². The lowest BCUT2D eigenvalue weighted by Gasteiger charge is -2.10. The van der Waals surface area contributed by atoms with Crippen LogP contribution in [0.5, 0.6) is 0 Å². The average molecular weight is 409 g/mol. The second kappa shape index (κ2) is 8.40. The Bertz CT molecular complexity index is 1020. The summed E-state index contributed by atoms with van der Waals surface area (Å²) in [4.78, 5) is 12.3. The van der Waals surface area contributed by atoms with Gasteiger partial charge in [0.2, 0.25) is 5.91 Å². The third-order valence-electron chi connectivity index (χ3n) is 4.83. The molecule has 1 aliphatic rings. The molecule has 0 unspecified atom stereocenters. The Kier molecular flexibility index (Phi) is 5.53. The highest BCUT2D eigenvalue weighted by molar-refractivity contribution is 7.80. The largest absolute Gasteiger partial charge is 0.315 e. The molecule has 4 rings (SSSR count). The molecule has 0 spiro atoms. The lowest BCUT2D eigenvalue weighted by molar-refractivity contribution is -0.122. The van der Waals surface area contributed by atoms with Crippen LogP contribution in [-0.2, 0) is 11.3 Å². The predicted octanol–water partition coefficient (Wildman–Crippen LogP) is 3.19. The second-order valence-corrected chi connectivity index (χ2v) is 7.33. The summed E-state index contributed by atoms with van der Waals surface area (Å²) in [5, 5.41) is 7.44. The normalized spacial score (nSPS) is 17.4. The van der Waals surface area contributed by atoms with Crippen LogP contribution >= 0.6 is 12.2 Å². The van der Waals surface area contributed by atoms with E-state index in [1.165, 1.54) is 11.6 Å². The summed E-state index contributed by atoms with van der Waals surface area (Å²) in [5.41, 5.74) is 7.07. The number of hydrogen-bond donors (Lipinski definition) is 3. The molecule has 1 heterocycles. The molecule has 1 aromatic heterocycles. The number of nitrogens with one attached hydrogen (secondary N) is 3. The molecule has 2 aromatic carbocycles. The number of nitrogens with zero attached hydrogens (tertiary/aromatic N) is 2. The Labute approximate surface area is 173 Å². The van der Waals surface area contributed by atoms with Crippen molar-refractivity contribution in [1.82, 2.24) is 20.6 Å². The van der Waals surface area contributed by atoms with Crippen LogP contribution in [0.3, 0.4) is 0 Å². The lowest BCUT2D eigenvalue weighted by atomic mass is 10.1. The van der Waals surface area contributed by atoms with Crippen LogP contribution in [0.15, 0.2) is 66.9 Å². The summed E-state index contributed by atoms with van der Waals surface area (Å²) in [6, 6.07) is 18.3. The Hall–Kier alpha value is -3.26. The maximum absolute atomic E-state index is 13.7. The van der Waals surface area contributed by atoms with Gasteiger partial charge >= 0.3 is 0 Å². The highest BCUT2D eigenvalue weighted by atomic mass is 32.1. The first-order valence-corrected chi connectivity index (χ1v) is 9.69. The van der Waals surface area contributed by atoms with Crippen molar-refractivity contribution >= 4 is 29.1 Å². The highest BCUT2D eigenvalue weighted by Gasteiger charge is 2.43. The fourth-order valence-electron chi connectivity index (χ4n) is 3.23. The standard InChI is InChI=1S/C21H20FN5OS/c22-18-9-5-4-8-15(18)13-27-11-10-19(26-27)23-21(29)25-24-20(28)17-12-16(17)14-6-2-1-3-7-14/h1-11,16-17H,12-13H2,(H,24,28)(H2,23,25,26,29)/t16-,17-/m0/s1. The number of hydrazine groups is 1. The third kappa shape index (κ3) is 4.78. The molecule has 2 atom stereocenters. The minimum atomic E-state index is -0.272. The first kappa shape index (κ1) is 19.1. The maximum atomic E-state index is 13.7. The molecule has 0 radical (unpaired) electrons. The number of thiocarbonyl (C=S) groups is 1. The van der Waals surface area contributed by atoms with Crippen LogP contribution in [0.2, 0.25) is 0 Å². The molecular formula is C21H20FN5OS. The number of amides is 1. The van der Waals surface area contributed by atoms with Crippen molar-refractivity contribution in [3.05, 3.63) is 83.8 Å². The van der Waals surface area contributed by atoms with Crippen LogP contribution < -0.4 is 16.2 Å². The summed E-state index contributed by atoms with van der Waals surface area (Å²) in [7, 11) is 0. The molecule has 3 N–H and O–H groups in total. The van der Waals surface area contributed by atoms with Gasteiger partial charge in [-0.1, -0.05) is 48.5 Å². The number of benzene rings is 2. The molecule has 1 aliphatic carbocycles. The summed E-state index contributed by atoms with van der Waals surface area (Å²) in [6.45, 7) is 0.313. The number of carbonyl (C=O) groups is 1. The van der Waals surface area contributed by atoms with Crippen molar-refractivity contribution in [2.75, 3.05) is 5.32 Å². The quantitative estimate of drug-likeness (QED) is 0.446. The fourth-order valence-corrected chi connectivity index (χ4v) is 3.39. The molecule has 8 heteroatoms. The third-order valence-corrected chi connectivity index (χ3v) is 5.03. The van der Waals surface area contributed by atoms with Gasteiger partial charge in [0, 0.05) is 23.7 Å². The summed E-state index contributed by atoms with van der Waals surface area (Å²) >= 11 is 5.20. The molecule has 6 nitrogen and oxygen atoms in total. The van der Waals surface area contributed by atoms with Crippen LogP contribution in [0.1, 0.15) is 23.5 Å². The van der Waals surface area contributed by atoms with E-state index in [0.29, 0.717) is 17.9 Å². The number of anilines is 1. The number of carbonyl (C=O) groups excluding carboxylic acids is 1. The molecule has 3 aromatic rings. The first-order chi connectivity index (χ1) is 14.1. The van der Waals surface area contributed by atoms with Gasteiger partial charge in [0.25, 0.3) is 0 Å². The van der Waals surface area contributed by atoms with Gasteiger partial charge in [-0.05, 0) is 36.2 Å². The molecular weight excluding hydrogens is 389 g/mol. The lowest BCUT2D eigenvalue weighted by Crippen LogP contribution is -2.44. The molecule has 1 saturated carbocycles. The number of halogens is 1. The molecule has 148 valence electrons. The van der Waals surface area contributed by atoms with Crippen molar-refractivity contribution in [2.45, 2.75) is 18.9 Å². The van der Waals surface area contributed by atoms with Crippen molar-refractivity contribution in [3.8, 4) is 0 Å².